The summed E-state index contributed by atoms with van der Waals surface area (Å²) in [7, 11) is 0. The molecule has 0 unspecified atom stereocenters. The van der Waals surface area contributed by atoms with Crippen LogP contribution in [0.1, 0.15) is 57.3 Å². The highest BCUT2D eigenvalue weighted by Crippen LogP contribution is 2.20. The van der Waals surface area contributed by atoms with E-state index < -0.39 is 17.7 Å². The maximum absolute atomic E-state index is 12.7. The molecule has 1 aliphatic heterocycles. The second kappa shape index (κ2) is 11.5. The molecule has 1 aromatic carbocycles. The number of amides is 3. The molecule has 3 amide bonds. The summed E-state index contributed by atoms with van der Waals surface area (Å²) in [4.78, 5) is 49.2. The number of nitrogens with one attached hydrogen (secondary N) is 2. The molecule has 0 aromatic heterocycles. The normalized spacial score (nSPS) is 14.4. The molecule has 1 aliphatic rings. The Hall–Kier alpha value is -3.10. The number of hydrogen-bond acceptors (Lipinski definition) is 6. The molecule has 9 heteroatoms. The van der Waals surface area contributed by atoms with Crippen molar-refractivity contribution in [3.8, 4) is 5.75 Å². The summed E-state index contributed by atoms with van der Waals surface area (Å²) in [5.74, 6) is -0.0362. The van der Waals surface area contributed by atoms with Gasteiger partial charge in [0.25, 0.3) is 5.91 Å². The largest absolute Gasteiger partial charge is 0.444 e. The molecule has 1 saturated heterocycles. The third-order valence-corrected chi connectivity index (χ3v) is 4.85. The maximum Gasteiger partial charge on any atom is 0.407 e. The number of nitrogens with zero attached hydrogens (tertiary/aromatic N) is 1. The van der Waals surface area contributed by atoms with Crippen molar-refractivity contribution in [1.29, 1.82) is 0 Å². The van der Waals surface area contributed by atoms with Crippen molar-refractivity contribution in [1.82, 2.24) is 15.5 Å². The molecule has 1 heterocycles. The van der Waals surface area contributed by atoms with Crippen molar-refractivity contribution in [3.05, 3.63) is 29.8 Å². The molecule has 0 atom stereocenters. The van der Waals surface area contributed by atoms with Gasteiger partial charge < -0.3 is 25.0 Å². The van der Waals surface area contributed by atoms with Gasteiger partial charge in [-0.25, -0.2) is 4.79 Å². The van der Waals surface area contributed by atoms with E-state index in [-0.39, 0.29) is 30.7 Å². The number of piperidine rings is 1. The Morgan fingerprint density at radius 2 is 1.78 bits per heavy atom. The Morgan fingerprint density at radius 3 is 2.41 bits per heavy atom. The average molecular weight is 448 g/mol. The number of hydrogen-bond donors (Lipinski definition) is 2. The predicted octanol–water partition coefficient (Wildman–Crippen LogP) is 2.50. The molecule has 2 N–H and O–H groups in total. The third-order valence-electron chi connectivity index (χ3n) is 4.85. The van der Waals surface area contributed by atoms with Crippen LogP contribution in [0.15, 0.2) is 24.3 Å². The maximum atomic E-state index is 12.7. The van der Waals surface area contributed by atoms with E-state index in [4.69, 9.17) is 9.47 Å². The minimum Gasteiger partial charge on any atom is -0.444 e. The number of likely N-dealkylation sites (tertiary alicyclic amines) is 1. The van der Waals surface area contributed by atoms with Gasteiger partial charge in [0.05, 0.1) is 0 Å². The molecule has 0 aliphatic carbocycles. The molecule has 0 spiro atoms. The Kier molecular flexibility index (Phi) is 9.04. The monoisotopic (exact) mass is 447 g/mol. The lowest BCUT2D eigenvalue weighted by Crippen LogP contribution is -2.42. The lowest BCUT2D eigenvalue weighted by atomic mass is 9.96. The van der Waals surface area contributed by atoms with Crippen molar-refractivity contribution in [2.75, 3.05) is 26.2 Å². The fourth-order valence-electron chi connectivity index (χ4n) is 3.32. The summed E-state index contributed by atoms with van der Waals surface area (Å²) in [6.45, 7) is 8.58. The van der Waals surface area contributed by atoms with E-state index in [1.807, 2.05) is 0 Å². The Labute approximate surface area is 188 Å². The molecule has 0 saturated carbocycles. The molecule has 32 heavy (non-hydrogen) atoms. The Morgan fingerprint density at radius 1 is 1.09 bits per heavy atom. The first-order valence-electron chi connectivity index (χ1n) is 10.8. The number of esters is 1. The van der Waals surface area contributed by atoms with Crippen LogP contribution in [0.4, 0.5) is 4.79 Å². The Balaban J connectivity index is 1.68. The number of benzene rings is 1. The van der Waals surface area contributed by atoms with Gasteiger partial charge in [-0.05, 0) is 57.7 Å². The summed E-state index contributed by atoms with van der Waals surface area (Å²) >= 11 is 0. The van der Waals surface area contributed by atoms with Gasteiger partial charge in [-0.2, -0.15) is 0 Å². The van der Waals surface area contributed by atoms with E-state index in [2.05, 4.69) is 10.6 Å². The zero-order chi connectivity index (χ0) is 23.7. The molecule has 0 radical (unpaired) electrons. The smallest absolute Gasteiger partial charge is 0.407 e. The lowest BCUT2D eigenvalue weighted by Gasteiger charge is -2.32. The number of carbonyl (C=O) groups is 4. The van der Waals surface area contributed by atoms with Gasteiger partial charge >= 0.3 is 12.1 Å². The van der Waals surface area contributed by atoms with Crippen molar-refractivity contribution < 1.29 is 28.7 Å². The fraction of sp³-hybridized carbons (Fsp3) is 0.565. The summed E-state index contributed by atoms with van der Waals surface area (Å²) < 4.78 is 10.2. The van der Waals surface area contributed by atoms with Gasteiger partial charge in [-0.15, -0.1) is 0 Å². The third kappa shape index (κ3) is 8.95. The average Bonchev–Trinajstić information content (AvgIpc) is 2.70. The van der Waals surface area contributed by atoms with Crippen LogP contribution in [0.5, 0.6) is 5.75 Å². The molecular formula is C23H33N3O6. The summed E-state index contributed by atoms with van der Waals surface area (Å²) in [6.07, 6.45) is 1.20. The van der Waals surface area contributed by atoms with Gasteiger partial charge in [-0.3, -0.25) is 14.4 Å². The minimum atomic E-state index is -0.576. The zero-order valence-corrected chi connectivity index (χ0v) is 19.2. The van der Waals surface area contributed by atoms with E-state index >= 15 is 0 Å². The van der Waals surface area contributed by atoms with Crippen molar-refractivity contribution >= 4 is 23.9 Å². The second-order valence-electron chi connectivity index (χ2n) is 8.84. The quantitative estimate of drug-likeness (QED) is 0.490. The summed E-state index contributed by atoms with van der Waals surface area (Å²) in [5, 5.41) is 5.46. The van der Waals surface area contributed by atoms with Crippen LogP contribution >= 0.6 is 0 Å². The zero-order valence-electron chi connectivity index (χ0n) is 19.2. The number of alkyl carbamates (subject to hydrolysis) is 1. The molecule has 1 aromatic rings. The summed E-state index contributed by atoms with van der Waals surface area (Å²) in [5.41, 5.74) is -0.0961. The van der Waals surface area contributed by atoms with Gasteiger partial charge in [-0.1, -0.05) is 6.07 Å². The molecule has 2 rings (SSSR count). The highest BCUT2D eigenvalue weighted by Gasteiger charge is 2.24. The lowest BCUT2D eigenvalue weighted by molar-refractivity contribution is -0.131. The first kappa shape index (κ1) is 25.2. The highest BCUT2D eigenvalue weighted by molar-refractivity contribution is 5.94. The van der Waals surface area contributed by atoms with Crippen LogP contribution < -0.4 is 15.4 Å². The van der Waals surface area contributed by atoms with Gasteiger partial charge in [0.15, 0.2) is 0 Å². The van der Waals surface area contributed by atoms with Crippen molar-refractivity contribution in [2.24, 2.45) is 5.92 Å². The van der Waals surface area contributed by atoms with E-state index in [0.717, 1.165) is 12.8 Å². The predicted molar refractivity (Wildman–Crippen MR) is 118 cm³/mol. The van der Waals surface area contributed by atoms with E-state index in [1.54, 1.807) is 49.9 Å². The Bertz CT molecular complexity index is 825. The van der Waals surface area contributed by atoms with Gasteiger partial charge in [0, 0.05) is 45.1 Å². The van der Waals surface area contributed by atoms with Crippen molar-refractivity contribution in [3.63, 3.8) is 0 Å². The SMILES string of the molecule is CC(=O)Oc1cccc(C(=O)N2CCC(CNC(=O)CCNC(=O)OC(C)(C)C)CC2)c1. The second-order valence-corrected chi connectivity index (χ2v) is 8.84. The molecule has 176 valence electrons. The minimum absolute atomic E-state index is 0.102. The van der Waals surface area contributed by atoms with Crippen LogP contribution in [0.3, 0.4) is 0 Å². The topological polar surface area (TPSA) is 114 Å². The standard InChI is InChI=1S/C23H33N3O6/c1-16(27)31-19-7-5-6-18(14-19)21(29)26-12-9-17(10-13-26)15-25-20(28)8-11-24-22(30)32-23(2,3)4/h5-7,14,17H,8-13,15H2,1-4H3,(H,24,30)(H,25,28). The number of rotatable bonds is 7. The van der Waals surface area contributed by atoms with Crippen LogP contribution in [0, 0.1) is 5.92 Å². The molecule has 0 bridgehead atoms. The first-order chi connectivity index (χ1) is 15.0. The summed E-state index contributed by atoms with van der Waals surface area (Å²) in [6, 6.07) is 6.59. The van der Waals surface area contributed by atoms with Gasteiger partial charge in [0.2, 0.25) is 5.91 Å². The number of ether oxygens (including phenoxy) is 2. The molecule has 9 nitrogen and oxygen atoms in total. The first-order valence-corrected chi connectivity index (χ1v) is 10.8. The fourth-order valence-corrected chi connectivity index (χ4v) is 3.32. The highest BCUT2D eigenvalue weighted by atomic mass is 16.6. The van der Waals surface area contributed by atoms with Crippen LogP contribution in [-0.4, -0.2) is 60.6 Å². The van der Waals surface area contributed by atoms with Gasteiger partial charge in [0.1, 0.15) is 11.4 Å². The van der Waals surface area contributed by atoms with E-state index in [0.29, 0.717) is 30.9 Å². The molecule has 1 fully saturated rings. The van der Waals surface area contributed by atoms with Crippen LogP contribution in [0.2, 0.25) is 0 Å². The van der Waals surface area contributed by atoms with Crippen molar-refractivity contribution in [2.45, 2.75) is 52.6 Å². The number of carbonyl (C=O) groups excluding carboxylic acids is 4. The van der Waals surface area contributed by atoms with Crippen LogP contribution in [0.25, 0.3) is 0 Å². The van der Waals surface area contributed by atoms with E-state index in [1.165, 1.54) is 6.92 Å². The molecular weight excluding hydrogens is 414 g/mol. The van der Waals surface area contributed by atoms with Crippen LogP contribution in [-0.2, 0) is 14.3 Å². The van der Waals surface area contributed by atoms with E-state index in [9.17, 15) is 19.2 Å².